The summed E-state index contributed by atoms with van der Waals surface area (Å²) in [5.41, 5.74) is 5.45. The third-order valence-electron chi connectivity index (χ3n) is 6.11. The van der Waals surface area contributed by atoms with Crippen molar-refractivity contribution in [2.75, 3.05) is 0 Å². The summed E-state index contributed by atoms with van der Waals surface area (Å²) in [6.07, 6.45) is 18.0. The lowest BCUT2D eigenvalue weighted by Gasteiger charge is -2.30. The van der Waals surface area contributed by atoms with Crippen molar-refractivity contribution < 1.29 is 0 Å². The van der Waals surface area contributed by atoms with Gasteiger partial charge in [0.05, 0.1) is 11.2 Å². The first kappa shape index (κ1) is 17.1. The first-order chi connectivity index (χ1) is 12.7. The predicted molar refractivity (Wildman–Crippen MR) is 111 cm³/mol. The highest BCUT2D eigenvalue weighted by molar-refractivity contribution is 5.85. The second kappa shape index (κ2) is 6.75. The molecule has 0 N–H and O–H groups in total. The van der Waals surface area contributed by atoms with Crippen LogP contribution in [0.25, 0.3) is 23.1 Å². The zero-order chi connectivity index (χ0) is 18.3. The predicted octanol–water partition coefficient (Wildman–Crippen LogP) is 4.50. The number of aromatic nitrogens is 2. The average Bonchev–Trinajstić information content (AvgIpc) is 2.99. The molecule has 2 nitrogen and oxygen atoms in total. The van der Waals surface area contributed by atoms with E-state index in [0.29, 0.717) is 5.92 Å². The highest BCUT2D eigenvalue weighted by Crippen LogP contribution is 2.40. The Labute approximate surface area is 155 Å². The molecule has 0 saturated heterocycles. The minimum atomic E-state index is 0.261. The topological polar surface area (TPSA) is 17.8 Å². The van der Waals surface area contributed by atoms with E-state index in [-0.39, 0.29) is 5.92 Å². The summed E-state index contributed by atoms with van der Waals surface area (Å²) in [7, 11) is 2.19. The minimum absolute atomic E-state index is 0.261. The van der Waals surface area contributed by atoms with E-state index < -0.39 is 0 Å². The summed E-state index contributed by atoms with van der Waals surface area (Å²) in [4.78, 5) is 4.88. The summed E-state index contributed by atoms with van der Waals surface area (Å²) in [6.45, 7) is 8.68. The molecule has 2 atom stereocenters. The van der Waals surface area contributed by atoms with Crippen LogP contribution in [0.1, 0.15) is 51.1 Å². The molecule has 0 bridgehead atoms. The van der Waals surface area contributed by atoms with E-state index in [4.69, 9.17) is 4.98 Å². The monoisotopic (exact) mass is 344 g/mol. The number of aryl methyl sites for hydroxylation is 1. The Morgan fingerprint density at radius 3 is 2.77 bits per heavy atom. The molecule has 0 fully saturated rings. The normalized spacial score (nSPS) is 22.1. The molecule has 0 aliphatic heterocycles. The van der Waals surface area contributed by atoms with E-state index in [9.17, 15) is 0 Å². The van der Waals surface area contributed by atoms with Gasteiger partial charge in [-0.3, -0.25) is 4.98 Å². The maximum atomic E-state index is 4.88. The molecule has 2 heteroatoms. The van der Waals surface area contributed by atoms with Gasteiger partial charge in [0, 0.05) is 41.0 Å². The van der Waals surface area contributed by atoms with Gasteiger partial charge < -0.3 is 4.57 Å². The van der Waals surface area contributed by atoms with Crippen LogP contribution >= 0.6 is 0 Å². The van der Waals surface area contributed by atoms with E-state index >= 15 is 0 Å². The summed E-state index contributed by atoms with van der Waals surface area (Å²) in [6, 6.07) is 2.18. The fourth-order valence-corrected chi connectivity index (χ4v) is 4.87. The molecule has 134 valence electrons. The van der Waals surface area contributed by atoms with Gasteiger partial charge in [-0.25, -0.2) is 0 Å². The molecule has 0 amide bonds. The Balaban J connectivity index is 1.97. The van der Waals surface area contributed by atoms with E-state index in [0.717, 1.165) is 25.7 Å². The van der Waals surface area contributed by atoms with Crippen LogP contribution in [0.15, 0.2) is 48.2 Å². The fraction of sp³-hybridized carbons (Fsp3) is 0.375. The maximum Gasteiger partial charge on any atom is 0.0724 e. The number of pyridine rings is 1. The average molecular weight is 345 g/mol. The van der Waals surface area contributed by atoms with Crippen molar-refractivity contribution >= 4 is 23.1 Å². The Morgan fingerprint density at radius 1 is 1.23 bits per heavy atom. The van der Waals surface area contributed by atoms with Crippen molar-refractivity contribution in [1.29, 1.82) is 0 Å². The summed E-state index contributed by atoms with van der Waals surface area (Å²) in [5.74, 6) is 0.592. The molecule has 2 aromatic heterocycles. The van der Waals surface area contributed by atoms with E-state index in [2.05, 4.69) is 68.5 Å². The number of fused-ring (bicyclic) bond motifs is 3. The van der Waals surface area contributed by atoms with Gasteiger partial charge in [0.2, 0.25) is 0 Å². The lowest BCUT2D eigenvalue weighted by molar-refractivity contribution is 0.615. The van der Waals surface area contributed by atoms with Crippen LogP contribution < -0.4 is 10.6 Å². The number of allylic oxidation sites excluding steroid dienone is 5. The second-order valence-electron chi connectivity index (χ2n) is 7.34. The Bertz CT molecular complexity index is 1050. The summed E-state index contributed by atoms with van der Waals surface area (Å²) < 4.78 is 2.35. The van der Waals surface area contributed by atoms with Gasteiger partial charge in [0.1, 0.15) is 0 Å². The highest BCUT2D eigenvalue weighted by Gasteiger charge is 2.29. The van der Waals surface area contributed by atoms with Gasteiger partial charge in [-0.05, 0) is 37.3 Å². The van der Waals surface area contributed by atoms with E-state index in [1.807, 2.05) is 6.20 Å². The molecule has 2 unspecified atom stereocenters. The minimum Gasteiger partial charge on any atom is -0.342 e. The van der Waals surface area contributed by atoms with Crippen LogP contribution in [0.2, 0.25) is 0 Å². The molecule has 0 aromatic carbocycles. The highest BCUT2D eigenvalue weighted by atomic mass is 15.0. The quantitative estimate of drug-likeness (QED) is 0.747. The third kappa shape index (κ3) is 2.43. The molecule has 0 radical (unpaired) electrons. The van der Waals surface area contributed by atoms with Gasteiger partial charge >= 0.3 is 0 Å². The van der Waals surface area contributed by atoms with Gasteiger partial charge in [-0.2, -0.15) is 0 Å². The van der Waals surface area contributed by atoms with Crippen LogP contribution in [-0.2, 0) is 7.05 Å². The number of rotatable bonds is 4. The number of nitrogens with zero attached hydrogens (tertiary/aromatic N) is 2. The molecule has 26 heavy (non-hydrogen) atoms. The maximum absolute atomic E-state index is 4.88. The van der Waals surface area contributed by atoms with Crippen molar-refractivity contribution in [3.63, 3.8) is 0 Å². The molecular formula is C24H28N2. The number of hydrogen-bond donors (Lipinski definition) is 0. The smallest absolute Gasteiger partial charge is 0.0724 e. The van der Waals surface area contributed by atoms with Gasteiger partial charge in [0.25, 0.3) is 0 Å². The molecule has 4 rings (SSSR count). The Morgan fingerprint density at radius 2 is 2.04 bits per heavy atom. The fourth-order valence-electron chi connectivity index (χ4n) is 4.87. The van der Waals surface area contributed by atoms with Crippen molar-refractivity contribution in [2.24, 2.45) is 13.0 Å². The molecule has 2 aliphatic carbocycles. The SMILES string of the molecule is C=CC1C(CC)=C(CC)C=CC1c1nccc2c3c(n(C)c12)=CCCC=3. The van der Waals surface area contributed by atoms with Crippen molar-refractivity contribution in [3.8, 4) is 0 Å². The Kier molecular flexibility index (Phi) is 4.44. The Hall–Kier alpha value is -2.35. The largest absolute Gasteiger partial charge is 0.342 e. The zero-order valence-corrected chi connectivity index (χ0v) is 16.1. The van der Waals surface area contributed by atoms with Crippen molar-refractivity contribution in [3.05, 3.63) is 64.5 Å². The molecule has 0 spiro atoms. The van der Waals surface area contributed by atoms with E-state index in [1.165, 1.54) is 38.3 Å². The zero-order valence-electron chi connectivity index (χ0n) is 16.1. The van der Waals surface area contributed by atoms with Crippen LogP contribution in [0.3, 0.4) is 0 Å². The first-order valence-corrected chi connectivity index (χ1v) is 9.87. The third-order valence-corrected chi connectivity index (χ3v) is 6.11. The molecule has 0 saturated carbocycles. The lowest BCUT2D eigenvalue weighted by atomic mass is 9.75. The summed E-state index contributed by atoms with van der Waals surface area (Å²) in [5, 5.41) is 4.06. The molecule has 2 heterocycles. The molecule has 2 aromatic rings. The second-order valence-corrected chi connectivity index (χ2v) is 7.34. The molecular weight excluding hydrogens is 316 g/mol. The van der Waals surface area contributed by atoms with Gasteiger partial charge in [0.15, 0.2) is 0 Å². The summed E-state index contributed by atoms with van der Waals surface area (Å²) >= 11 is 0. The first-order valence-electron chi connectivity index (χ1n) is 9.87. The lowest BCUT2D eigenvalue weighted by Crippen LogP contribution is -2.29. The van der Waals surface area contributed by atoms with Crippen LogP contribution in [0.4, 0.5) is 0 Å². The van der Waals surface area contributed by atoms with Crippen LogP contribution in [0.5, 0.6) is 0 Å². The van der Waals surface area contributed by atoms with Gasteiger partial charge in [-0.1, -0.05) is 49.8 Å². The van der Waals surface area contributed by atoms with E-state index in [1.54, 1.807) is 0 Å². The molecule has 2 aliphatic rings. The number of hydrogen-bond acceptors (Lipinski definition) is 1. The standard InChI is InChI=1S/C24H28N2/c1-5-16-12-13-20(18(7-3)17(16)6-2)23-24-21(14-15-25-23)19-10-8-9-11-22(19)26(24)4/h7,10-15,18,20H,3,5-6,8-9H2,1-2,4H3. The van der Waals surface area contributed by atoms with Crippen molar-refractivity contribution in [1.82, 2.24) is 9.55 Å². The van der Waals surface area contributed by atoms with Crippen LogP contribution in [0, 0.1) is 5.92 Å². The van der Waals surface area contributed by atoms with Crippen molar-refractivity contribution in [2.45, 2.75) is 45.4 Å². The van der Waals surface area contributed by atoms with Gasteiger partial charge in [-0.15, -0.1) is 6.58 Å². The van der Waals surface area contributed by atoms with Crippen LogP contribution in [-0.4, -0.2) is 9.55 Å².